The van der Waals surface area contributed by atoms with Gasteiger partial charge in [0.25, 0.3) is 0 Å². The Morgan fingerprint density at radius 1 is 0.929 bits per heavy atom. The second-order valence-corrected chi connectivity index (χ2v) is 7.71. The second kappa shape index (κ2) is 7.23. The summed E-state index contributed by atoms with van der Waals surface area (Å²) in [5.74, 6) is 1.16. The van der Waals surface area contributed by atoms with Crippen LogP contribution < -0.4 is 4.90 Å². The van der Waals surface area contributed by atoms with Gasteiger partial charge in [-0.1, -0.05) is 42.5 Å². The summed E-state index contributed by atoms with van der Waals surface area (Å²) in [4.78, 5) is 17.1. The van der Waals surface area contributed by atoms with Crippen LogP contribution in [-0.4, -0.2) is 47.2 Å². The van der Waals surface area contributed by atoms with Gasteiger partial charge in [-0.15, -0.1) is 5.10 Å². The summed E-state index contributed by atoms with van der Waals surface area (Å²) in [6.07, 6.45) is 3.81. The summed E-state index contributed by atoms with van der Waals surface area (Å²) in [7, 11) is 0. The van der Waals surface area contributed by atoms with Crippen molar-refractivity contribution in [3.8, 4) is 0 Å². The van der Waals surface area contributed by atoms with Crippen molar-refractivity contribution in [3.63, 3.8) is 0 Å². The molecule has 0 atom stereocenters. The molecule has 1 aromatic heterocycles. The fourth-order valence-electron chi connectivity index (χ4n) is 4.38. The molecular weight excluding hydrogens is 348 g/mol. The third-order valence-electron chi connectivity index (χ3n) is 5.98. The predicted octanol–water partition coefficient (Wildman–Crippen LogP) is 3.01. The normalized spacial score (nSPS) is 16.4. The third-order valence-corrected chi connectivity index (χ3v) is 5.98. The average molecular weight is 372 g/mol. The van der Waals surface area contributed by atoms with Crippen molar-refractivity contribution in [1.82, 2.24) is 15.1 Å². The van der Waals surface area contributed by atoms with E-state index < -0.39 is 0 Å². The number of benzene rings is 2. The minimum atomic E-state index is 0.205. The van der Waals surface area contributed by atoms with E-state index in [1.54, 1.807) is 0 Å². The number of rotatable bonds is 3. The van der Waals surface area contributed by atoms with Crippen LogP contribution in [0.5, 0.6) is 0 Å². The van der Waals surface area contributed by atoms with Crippen molar-refractivity contribution >= 4 is 22.5 Å². The van der Waals surface area contributed by atoms with Crippen molar-refractivity contribution < 1.29 is 4.79 Å². The molecule has 1 saturated heterocycles. The van der Waals surface area contributed by atoms with Gasteiger partial charge in [0.1, 0.15) is 0 Å². The van der Waals surface area contributed by atoms with Gasteiger partial charge in [0.05, 0.1) is 12.1 Å². The number of piperazine rings is 1. The molecule has 2 aromatic carbocycles. The van der Waals surface area contributed by atoms with Gasteiger partial charge in [-0.25, -0.2) is 0 Å². The Balaban J connectivity index is 1.24. The minimum Gasteiger partial charge on any atom is -0.352 e. The highest BCUT2D eigenvalue weighted by molar-refractivity contribution is 5.90. The molecule has 3 aromatic rings. The first-order valence-corrected chi connectivity index (χ1v) is 10.1. The van der Waals surface area contributed by atoms with E-state index in [0.717, 1.165) is 56.1 Å². The number of carbonyl (C=O) groups is 1. The summed E-state index contributed by atoms with van der Waals surface area (Å²) in [5.41, 5.74) is 3.61. The molecule has 5 heteroatoms. The Morgan fingerprint density at radius 3 is 2.64 bits per heavy atom. The maximum absolute atomic E-state index is 12.9. The topological polar surface area (TPSA) is 49.3 Å². The van der Waals surface area contributed by atoms with E-state index in [1.165, 1.54) is 22.8 Å². The Morgan fingerprint density at radius 2 is 1.75 bits per heavy atom. The number of carbonyl (C=O) groups excluding carboxylic acids is 1. The van der Waals surface area contributed by atoms with Crippen LogP contribution >= 0.6 is 0 Å². The smallest absolute Gasteiger partial charge is 0.227 e. The number of hydrogen-bond donors (Lipinski definition) is 0. The van der Waals surface area contributed by atoms with Crippen LogP contribution in [0.4, 0.5) is 5.82 Å². The maximum atomic E-state index is 12.9. The van der Waals surface area contributed by atoms with Gasteiger partial charge in [0, 0.05) is 26.2 Å². The van der Waals surface area contributed by atoms with Crippen molar-refractivity contribution in [2.24, 2.45) is 0 Å². The first kappa shape index (κ1) is 17.2. The van der Waals surface area contributed by atoms with Gasteiger partial charge in [0.2, 0.25) is 5.91 Å². The number of aromatic nitrogens is 2. The molecule has 1 aliphatic heterocycles. The SMILES string of the molecule is O=C(Cc1cccc2ccccc12)N1CCN(c2cc3c(nn2)CCC3)CC1. The van der Waals surface area contributed by atoms with E-state index >= 15 is 0 Å². The molecule has 142 valence electrons. The van der Waals surface area contributed by atoms with Crippen molar-refractivity contribution in [1.29, 1.82) is 0 Å². The van der Waals surface area contributed by atoms with Crippen LogP contribution in [0.2, 0.25) is 0 Å². The Bertz CT molecular complexity index is 1020. The van der Waals surface area contributed by atoms with E-state index in [1.807, 2.05) is 23.1 Å². The van der Waals surface area contributed by atoms with Gasteiger partial charge < -0.3 is 9.80 Å². The lowest BCUT2D eigenvalue weighted by atomic mass is 10.0. The van der Waals surface area contributed by atoms with Crippen LogP contribution in [0, 0.1) is 0 Å². The molecule has 5 nitrogen and oxygen atoms in total. The lowest BCUT2D eigenvalue weighted by Crippen LogP contribution is -2.49. The van der Waals surface area contributed by atoms with Gasteiger partial charge in [-0.05, 0) is 47.2 Å². The van der Waals surface area contributed by atoms with Crippen molar-refractivity contribution in [2.45, 2.75) is 25.7 Å². The number of fused-ring (bicyclic) bond motifs is 2. The monoisotopic (exact) mass is 372 g/mol. The van der Waals surface area contributed by atoms with Gasteiger partial charge in [0.15, 0.2) is 5.82 Å². The zero-order valence-electron chi connectivity index (χ0n) is 16.0. The summed E-state index contributed by atoms with van der Waals surface area (Å²) in [6, 6.07) is 16.7. The van der Waals surface area contributed by atoms with Gasteiger partial charge >= 0.3 is 0 Å². The molecule has 28 heavy (non-hydrogen) atoms. The number of amides is 1. The second-order valence-electron chi connectivity index (χ2n) is 7.71. The molecule has 1 amide bonds. The molecule has 1 fully saturated rings. The largest absolute Gasteiger partial charge is 0.352 e. The lowest BCUT2D eigenvalue weighted by molar-refractivity contribution is -0.130. The van der Waals surface area contributed by atoms with Gasteiger partial charge in [-0.3, -0.25) is 4.79 Å². The highest BCUT2D eigenvalue weighted by Crippen LogP contribution is 2.24. The molecule has 0 spiro atoms. The van der Waals surface area contributed by atoms with Crippen LogP contribution in [-0.2, 0) is 24.1 Å². The van der Waals surface area contributed by atoms with E-state index in [0.29, 0.717) is 6.42 Å². The molecule has 5 rings (SSSR count). The third kappa shape index (κ3) is 3.21. The van der Waals surface area contributed by atoms with E-state index in [2.05, 4.69) is 45.4 Å². The summed E-state index contributed by atoms with van der Waals surface area (Å²) >= 11 is 0. The molecule has 0 N–H and O–H groups in total. The lowest BCUT2D eigenvalue weighted by Gasteiger charge is -2.35. The van der Waals surface area contributed by atoms with Crippen LogP contribution in [0.25, 0.3) is 10.8 Å². The van der Waals surface area contributed by atoms with E-state index in [-0.39, 0.29) is 5.91 Å². The first-order valence-electron chi connectivity index (χ1n) is 10.1. The summed E-state index contributed by atoms with van der Waals surface area (Å²) in [5, 5.41) is 11.2. The van der Waals surface area contributed by atoms with Crippen LogP contribution in [0.15, 0.2) is 48.5 Å². The fraction of sp³-hybridized carbons (Fsp3) is 0.348. The highest BCUT2D eigenvalue weighted by Gasteiger charge is 2.24. The number of nitrogens with zero attached hydrogens (tertiary/aromatic N) is 4. The van der Waals surface area contributed by atoms with Gasteiger partial charge in [-0.2, -0.15) is 5.10 Å². The Hall–Kier alpha value is -2.95. The highest BCUT2D eigenvalue weighted by atomic mass is 16.2. The van der Waals surface area contributed by atoms with E-state index in [9.17, 15) is 4.79 Å². The number of anilines is 1. The number of hydrogen-bond acceptors (Lipinski definition) is 4. The maximum Gasteiger partial charge on any atom is 0.227 e. The molecule has 0 unspecified atom stereocenters. The van der Waals surface area contributed by atoms with Crippen molar-refractivity contribution in [3.05, 3.63) is 65.4 Å². The quantitative estimate of drug-likeness (QED) is 0.709. The average Bonchev–Trinajstić information content (AvgIpc) is 3.22. The molecule has 2 heterocycles. The molecule has 0 radical (unpaired) electrons. The molecular formula is C23H24N4O. The first-order chi connectivity index (χ1) is 13.8. The molecule has 0 bridgehead atoms. The molecule has 0 saturated carbocycles. The summed E-state index contributed by atoms with van der Waals surface area (Å²) in [6.45, 7) is 3.11. The Kier molecular flexibility index (Phi) is 4.43. The minimum absolute atomic E-state index is 0.205. The van der Waals surface area contributed by atoms with Crippen LogP contribution in [0.3, 0.4) is 0 Å². The molecule has 1 aliphatic carbocycles. The predicted molar refractivity (Wildman–Crippen MR) is 111 cm³/mol. The van der Waals surface area contributed by atoms with E-state index in [4.69, 9.17) is 0 Å². The zero-order valence-corrected chi connectivity index (χ0v) is 16.0. The standard InChI is InChI=1S/C23H24N4O/c28-23(16-18-7-3-6-17-5-1-2-9-20(17)18)27-13-11-26(12-14-27)22-15-19-8-4-10-21(19)24-25-22/h1-3,5-7,9,15H,4,8,10-14,16H2. The number of aryl methyl sites for hydroxylation is 2. The zero-order chi connectivity index (χ0) is 18.9. The van der Waals surface area contributed by atoms with Crippen molar-refractivity contribution in [2.75, 3.05) is 31.1 Å². The fourth-order valence-corrected chi connectivity index (χ4v) is 4.38. The molecule has 2 aliphatic rings. The van der Waals surface area contributed by atoms with Crippen LogP contribution in [0.1, 0.15) is 23.2 Å². The summed E-state index contributed by atoms with van der Waals surface area (Å²) < 4.78 is 0. The Labute approximate surface area is 165 Å².